The second-order valence-electron chi connectivity index (χ2n) is 8.27. The zero-order chi connectivity index (χ0) is 20.5. The van der Waals surface area contributed by atoms with Crippen LogP contribution in [0.3, 0.4) is 0 Å². The Morgan fingerprint density at radius 3 is 2.52 bits per heavy atom. The summed E-state index contributed by atoms with van der Waals surface area (Å²) < 4.78 is 5.25. The van der Waals surface area contributed by atoms with E-state index in [1.807, 2.05) is 41.3 Å². The van der Waals surface area contributed by atoms with Gasteiger partial charge in [0.15, 0.2) is 0 Å². The monoisotopic (exact) mass is 392 g/mol. The third-order valence-electron chi connectivity index (χ3n) is 6.17. The Balaban J connectivity index is 1.61. The maximum absolute atomic E-state index is 13.6. The zero-order valence-corrected chi connectivity index (χ0v) is 17.3. The molecule has 2 aromatic carbocycles. The van der Waals surface area contributed by atoms with Gasteiger partial charge in [0.1, 0.15) is 5.75 Å². The van der Waals surface area contributed by atoms with Crippen molar-refractivity contribution in [2.24, 2.45) is 5.92 Å². The van der Waals surface area contributed by atoms with Gasteiger partial charge >= 0.3 is 0 Å². The van der Waals surface area contributed by atoms with Crippen molar-refractivity contribution < 1.29 is 14.3 Å². The van der Waals surface area contributed by atoms with Crippen LogP contribution in [0.4, 0.5) is 0 Å². The average Bonchev–Trinajstić information content (AvgIpc) is 2.73. The number of amides is 2. The minimum atomic E-state index is -0.279. The molecule has 2 heterocycles. The van der Waals surface area contributed by atoms with Crippen LogP contribution in [0.2, 0.25) is 0 Å². The molecule has 0 spiro atoms. The lowest BCUT2D eigenvalue weighted by molar-refractivity contribution is -0.150. The predicted octanol–water partition coefficient (Wildman–Crippen LogP) is 3.40. The van der Waals surface area contributed by atoms with Crippen LogP contribution in [-0.4, -0.2) is 48.4 Å². The first-order valence-corrected chi connectivity index (χ1v) is 10.3. The zero-order valence-electron chi connectivity index (χ0n) is 17.3. The Morgan fingerprint density at radius 2 is 1.83 bits per heavy atom. The van der Waals surface area contributed by atoms with Gasteiger partial charge in [-0.15, -0.1) is 0 Å². The predicted molar refractivity (Wildman–Crippen MR) is 112 cm³/mol. The van der Waals surface area contributed by atoms with Crippen LogP contribution in [0.25, 0.3) is 0 Å². The molecule has 0 radical (unpaired) electrons. The lowest BCUT2D eigenvalue weighted by Crippen LogP contribution is -2.56. The summed E-state index contributed by atoms with van der Waals surface area (Å²) in [6, 6.07) is 15.9. The summed E-state index contributed by atoms with van der Waals surface area (Å²) in [5, 5.41) is 0. The van der Waals surface area contributed by atoms with E-state index in [4.69, 9.17) is 4.74 Å². The quantitative estimate of drug-likeness (QED) is 0.801. The average molecular weight is 392 g/mol. The van der Waals surface area contributed by atoms with Gasteiger partial charge in [-0.3, -0.25) is 9.59 Å². The fraction of sp³-hybridized carbons (Fsp3) is 0.417. The molecule has 1 saturated heterocycles. The van der Waals surface area contributed by atoms with Gasteiger partial charge in [-0.25, -0.2) is 0 Å². The number of hydrogen-bond acceptors (Lipinski definition) is 3. The number of rotatable bonds is 4. The Morgan fingerprint density at radius 1 is 1.10 bits per heavy atom. The largest absolute Gasteiger partial charge is 0.497 e. The van der Waals surface area contributed by atoms with Crippen LogP contribution in [0, 0.1) is 5.92 Å². The Kier molecular flexibility index (Phi) is 5.31. The molecule has 1 fully saturated rings. The van der Waals surface area contributed by atoms with E-state index < -0.39 is 0 Å². The first-order valence-electron chi connectivity index (χ1n) is 10.3. The van der Waals surface area contributed by atoms with Gasteiger partial charge in [-0.1, -0.05) is 50.2 Å². The highest BCUT2D eigenvalue weighted by Crippen LogP contribution is 2.35. The summed E-state index contributed by atoms with van der Waals surface area (Å²) in [7, 11) is 1.63. The van der Waals surface area contributed by atoms with Gasteiger partial charge in [-0.05, 0) is 41.2 Å². The number of methoxy groups -OCH3 is 1. The van der Waals surface area contributed by atoms with E-state index in [1.54, 1.807) is 12.0 Å². The number of carbonyl (C=O) groups excluding carboxylic acids is 2. The molecule has 2 aliphatic rings. The fourth-order valence-corrected chi connectivity index (χ4v) is 4.66. The van der Waals surface area contributed by atoms with Crippen LogP contribution in [0.15, 0.2) is 48.5 Å². The molecule has 2 atom stereocenters. The molecule has 152 valence electrons. The molecule has 2 amide bonds. The molecule has 0 aliphatic carbocycles. The summed E-state index contributed by atoms with van der Waals surface area (Å²) in [6.45, 7) is 5.56. The van der Waals surface area contributed by atoms with Crippen molar-refractivity contribution in [2.75, 3.05) is 26.7 Å². The molecule has 5 nitrogen and oxygen atoms in total. The van der Waals surface area contributed by atoms with E-state index in [-0.39, 0.29) is 36.2 Å². The number of hydrogen-bond donors (Lipinski definition) is 0. The van der Waals surface area contributed by atoms with E-state index in [9.17, 15) is 9.59 Å². The number of nitrogens with zero attached hydrogens (tertiary/aromatic N) is 2. The molecule has 2 aromatic rings. The van der Waals surface area contributed by atoms with Gasteiger partial charge in [0.2, 0.25) is 11.8 Å². The summed E-state index contributed by atoms with van der Waals surface area (Å²) in [5.74, 6) is 0.690. The van der Waals surface area contributed by atoms with E-state index in [0.29, 0.717) is 6.54 Å². The molecule has 4 rings (SSSR count). The summed E-state index contributed by atoms with van der Waals surface area (Å²) >= 11 is 0. The number of benzene rings is 2. The van der Waals surface area contributed by atoms with E-state index in [1.165, 1.54) is 11.1 Å². The molecule has 0 bridgehead atoms. The Bertz CT molecular complexity index is 907. The van der Waals surface area contributed by atoms with Crippen LogP contribution in [0.1, 0.15) is 42.5 Å². The molecule has 2 unspecified atom stereocenters. The minimum absolute atomic E-state index is 0.0289. The highest BCUT2D eigenvalue weighted by molar-refractivity contribution is 5.90. The fourth-order valence-electron chi connectivity index (χ4n) is 4.66. The Labute approximate surface area is 172 Å². The topological polar surface area (TPSA) is 49.9 Å². The summed E-state index contributed by atoms with van der Waals surface area (Å²) in [5.41, 5.74) is 3.42. The van der Waals surface area contributed by atoms with Crippen molar-refractivity contribution in [1.29, 1.82) is 0 Å². The Hall–Kier alpha value is -2.82. The van der Waals surface area contributed by atoms with Crippen LogP contribution < -0.4 is 4.74 Å². The highest BCUT2D eigenvalue weighted by Gasteiger charge is 2.40. The number of carbonyl (C=O) groups is 2. The highest BCUT2D eigenvalue weighted by atomic mass is 16.5. The smallest absolute Gasteiger partial charge is 0.242 e. The van der Waals surface area contributed by atoms with Crippen LogP contribution in [0.5, 0.6) is 5.75 Å². The van der Waals surface area contributed by atoms with E-state index in [0.717, 1.165) is 24.3 Å². The normalized spacial score (nSPS) is 19.6. The molecular weight excluding hydrogens is 364 g/mol. The van der Waals surface area contributed by atoms with Gasteiger partial charge in [0, 0.05) is 13.1 Å². The SMILES string of the molecule is COc1ccc(C(C(=O)N2CC(=O)N3CCc4ccccc4C3C2)C(C)C)cc1. The first kappa shape index (κ1) is 19.5. The molecule has 29 heavy (non-hydrogen) atoms. The van der Waals surface area contributed by atoms with E-state index >= 15 is 0 Å². The third kappa shape index (κ3) is 3.61. The number of fused-ring (bicyclic) bond motifs is 3. The second kappa shape index (κ2) is 7.90. The maximum Gasteiger partial charge on any atom is 0.242 e. The van der Waals surface area contributed by atoms with Crippen molar-refractivity contribution in [3.05, 3.63) is 65.2 Å². The number of piperazine rings is 1. The van der Waals surface area contributed by atoms with Crippen molar-refractivity contribution in [3.63, 3.8) is 0 Å². The lowest BCUT2D eigenvalue weighted by atomic mass is 9.85. The van der Waals surface area contributed by atoms with Gasteiger partial charge in [0.05, 0.1) is 25.6 Å². The van der Waals surface area contributed by atoms with E-state index in [2.05, 4.69) is 26.0 Å². The molecule has 2 aliphatic heterocycles. The molecule has 0 N–H and O–H groups in total. The summed E-state index contributed by atoms with van der Waals surface area (Å²) in [6.07, 6.45) is 0.882. The molecule has 0 aromatic heterocycles. The molecule has 5 heteroatoms. The minimum Gasteiger partial charge on any atom is -0.497 e. The van der Waals surface area contributed by atoms with Crippen molar-refractivity contribution in [2.45, 2.75) is 32.2 Å². The second-order valence-corrected chi connectivity index (χ2v) is 8.27. The lowest BCUT2D eigenvalue weighted by Gasteiger charge is -2.45. The van der Waals surface area contributed by atoms with Crippen molar-refractivity contribution in [3.8, 4) is 5.75 Å². The van der Waals surface area contributed by atoms with Crippen LogP contribution in [-0.2, 0) is 16.0 Å². The molecular formula is C24H28N2O3. The van der Waals surface area contributed by atoms with Crippen molar-refractivity contribution >= 4 is 11.8 Å². The third-order valence-corrected chi connectivity index (χ3v) is 6.17. The van der Waals surface area contributed by atoms with Gasteiger partial charge < -0.3 is 14.5 Å². The first-order chi connectivity index (χ1) is 14.0. The van der Waals surface area contributed by atoms with Crippen LogP contribution >= 0.6 is 0 Å². The number of ether oxygens (including phenoxy) is 1. The molecule has 0 saturated carbocycles. The summed E-state index contributed by atoms with van der Waals surface area (Å²) in [4.78, 5) is 30.1. The van der Waals surface area contributed by atoms with Crippen molar-refractivity contribution in [1.82, 2.24) is 9.80 Å². The standard InChI is InChI=1S/C24H28N2O3/c1-16(2)23(18-8-10-19(29-3)11-9-18)24(28)25-14-21-20-7-5-4-6-17(20)12-13-26(21)22(27)15-25/h4-11,16,21,23H,12-15H2,1-3H3. The van der Waals surface area contributed by atoms with Gasteiger partial charge in [-0.2, -0.15) is 0 Å². The maximum atomic E-state index is 13.6. The van der Waals surface area contributed by atoms with Gasteiger partial charge in [0.25, 0.3) is 0 Å².